The van der Waals surface area contributed by atoms with Crippen LogP contribution >= 0.6 is 11.6 Å². The van der Waals surface area contributed by atoms with E-state index in [0.29, 0.717) is 25.4 Å². The highest BCUT2D eigenvalue weighted by atomic mass is 35.5. The first-order valence-electron chi connectivity index (χ1n) is 6.47. The molecule has 0 spiro atoms. The molecule has 1 aromatic rings. The first-order valence-corrected chi connectivity index (χ1v) is 8.61. The normalized spacial score (nSPS) is 17.6. The van der Waals surface area contributed by atoms with Crippen molar-refractivity contribution >= 4 is 27.3 Å². The van der Waals surface area contributed by atoms with Crippen LogP contribution < -0.4 is 4.90 Å². The molecule has 0 aromatic heterocycles. The third-order valence-corrected chi connectivity index (χ3v) is 5.51. The van der Waals surface area contributed by atoms with Gasteiger partial charge in [0.1, 0.15) is 0 Å². The Morgan fingerprint density at radius 2 is 1.68 bits per heavy atom. The van der Waals surface area contributed by atoms with E-state index in [1.165, 1.54) is 0 Å². The molecule has 6 heteroatoms. The molecule has 1 aliphatic heterocycles. The quantitative estimate of drug-likeness (QED) is 0.778. The summed E-state index contributed by atoms with van der Waals surface area (Å²) in [6.45, 7) is 2.59. The predicted molar refractivity (Wildman–Crippen MR) is 79.4 cm³/mol. The third kappa shape index (κ3) is 3.84. The summed E-state index contributed by atoms with van der Waals surface area (Å²) in [5.74, 6) is 0.547. The van der Waals surface area contributed by atoms with E-state index in [1.54, 1.807) is 4.31 Å². The highest BCUT2D eigenvalue weighted by Crippen LogP contribution is 2.17. The van der Waals surface area contributed by atoms with Crippen LogP contribution in [0.15, 0.2) is 30.3 Å². The monoisotopic (exact) mass is 302 g/mol. The number of anilines is 1. The van der Waals surface area contributed by atoms with Crippen LogP contribution in [-0.4, -0.2) is 50.5 Å². The molecule has 0 unspecified atom stereocenters. The molecule has 1 aromatic carbocycles. The molecule has 19 heavy (non-hydrogen) atoms. The van der Waals surface area contributed by atoms with E-state index in [1.807, 2.05) is 18.2 Å². The van der Waals surface area contributed by atoms with E-state index >= 15 is 0 Å². The largest absolute Gasteiger partial charge is 0.369 e. The maximum absolute atomic E-state index is 12.0. The fourth-order valence-corrected chi connectivity index (χ4v) is 4.01. The molecule has 4 nitrogen and oxygen atoms in total. The Hall–Kier alpha value is -0.780. The zero-order chi connectivity index (χ0) is 13.7. The lowest BCUT2D eigenvalue weighted by molar-refractivity contribution is 0.384. The highest BCUT2D eigenvalue weighted by molar-refractivity contribution is 7.89. The molecule has 1 saturated heterocycles. The van der Waals surface area contributed by atoms with Crippen molar-refractivity contribution in [1.82, 2.24) is 4.31 Å². The molecule has 0 bridgehead atoms. The van der Waals surface area contributed by atoms with Crippen molar-refractivity contribution in [3.8, 4) is 0 Å². The van der Waals surface area contributed by atoms with Gasteiger partial charge in [-0.25, -0.2) is 8.42 Å². The Morgan fingerprint density at radius 3 is 2.26 bits per heavy atom. The minimum Gasteiger partial charge on any atom is -0.369 e. The van der Waals surface area contributed by atoms with Gasteiger partial charge in [-0.1, -0.05) is 18.2 Å². The van der Waals surface area contributed by atoms with E-state index in [4.69, 9.17) is 11.6 Å². The second-order valence-corrected chi connectivity index (χ2v) is 7.05. The molecule has 0 amide bonds. The van der Waals surface area contributed by atoms with Gasteiger partial charge in [-0.2, -0.15) is 4.31 Å². The number of nitrogens with zero attached hydrogens (tertiary/aromatic N) is 2. The Bertz CT molecular complexity index is 485. The number of piperazine rings is 1. The van der Waals surface area contributed by atoms with Gasteiger partial charge in [-0.3, -0.25) is 0 Å². The fraction of sp³-hybridized carbons (Fsp3) is 0.538. The lowest BCUT2D eigenvalue weighted by Gasteiger charge is -2.35. The van der Waals surface area contributed by atoms with E-state index < -0.39 is 10.0 Å². The summed E-state index contributed by atoms with van der Waals surface area (Å²) in [6.07, 6.45) is 0.517. The van der Waals surface area contributed by atoms with Gasteiger partial charge in [0.15, 0.2) is 0 Å². The van der Waals surface area contributed by atoms with Crippen LogP contribution in [0, 0.1) is 0 Å². The van der Waals surface area contributed by atoms with Crippen molar-refractivity contribution in [2.24, 2.45) is 0 Å². The maximum Gasteiger partial charge on any atom is 0.214 e. The molecule has 0 N–H and O–H groups in total. The Labute approximate surface area is 120 Å². The van der Waals surface area contributed by atoms with Crippen LogP contribution in [0.3, 0.4) is 0 Å². The lowest BCUT2D eigenvalue weighted by Crippen LogP contribution is -2.49. The molecule has 1 fully saturated rings. The van der Waals surface area contributed by atoms with Crippen molar-refractivity contribution in [3.63, 3.8) is 0 Å². The average Bonchev–Trinajstić information content (AvgIpc) is 2.46. The third-order valence-electron chi connectivity index (χ3n) is 3.29. The summed E-state index contributed by atoms with van der Waals surface area (Å²) in [5.41, 5.74) is 1.15. The number of sulfonamides is 1. The van der Waals surface area contributed by atoms with Gasteiger partial charge in [0.2, 0.25) is 10.0 Å². The SMILES string of the molecule is O=S(=O)(CCCCl)N1CCN(c2ccccc2)CC1. The van der Waals surface area contributed by atoms with Gasteiger partial charge >= 0.3 is 0 Å². The van der Waals surface area contributed by atoms with E-state index in [9.17, 15) is 8.42 Å². The zero-order valence-corrected chi connectivity index (χ0v) is 12.4. The minimum absolute atomic E-state index is 0.155. The van der Waals surface area contributed by atoms with Gasteiger partial charge in [0.25, 0.3) is 0 Å². The van der Waals surface area contributed by atoms with Gasteiger partial charge in [-0.15, -0.1) is 11.6 Å². The van der Waals surface area contributed by atoms with Crippen molar-refractivity contribution < 1.29 is 8.42 Å². The van der Waals surface area contributed by atoms with Crippen molar-refractivity contribution in [2.45, 2.75) is 6.42 Å². The second kappa shape index (κ2) is 6.59. The van der Waals surface area contributed by atoms with Crippen LogP contribution in [0.4, 0.5) is 5.69 Å². The molecule has 0 radical (unpaired) electrons. The van der Waals surface area contributed by atoms with Crippen molar-refractivity contribution in [1.29, 1.82) is 0 Å². The van der Waals surface area contributed by atoms with E-state index in [-0.39, 0.29) is 5.75 Å². The van der Waals surface area contributed by atoms with Crippen molar-refractivity contribution in [2.75, 3.05) is 42.7 Å². The molecule has 1 aliphatic rings. The minimum atomic E-state index is -3.13. The summed E-state index contributed by atoms with van der Waals surface area (Å²) in [7, 11) is -3.13. The fourth-order valence-electron chi connectivity index (χ4n) is 2.23. The van der Waals surface area contributed by atoms with Crippen LogP contribution in [0.25, 0.3) is 0 Å². The van der Waals surface area contributed by atoms with Gasteiger partial charge in [-0.05, 0) is 18.6 Å². The van der Waals surface area contributed by atoms with Gasteiger partial charge in [0.05, 0.1) is 5.75 Å². The standard InChI is InChI=1S/C13H19ClN2O2S/c14-7-4-12-19(17,18)16-10-8-15(9-11-16)13-5-2-1-3-6-13/h1-3,5-6H,4,7-12H2. The van der Waals surface area contributed by atoms with Crippen molar-refractivity contribution in [3.05, 3.63) is 30.3 Å². The number of hydrogen-bond donors (Lipinski definition) is 0. The first-order chi connectivity index (χ1) is 9.13. The summed E-state index contributed by atoms with van der Waals surface area (Å²) < 4.78 is 25.7. The lowest BCUT2D eigenvalue weighted by atomic mass is 10.2. The van der Waals surface area contributed by atoms with Gasteiger partial charge < -0.3 is 4.90 Å². The van der Waals surface area contributed by atoms with E-state index in [2.05, 4.69) is 17.0 Å². The van der Waals surface area contributed by atoms with E-state index in [0.717, 1.165) is 18.8 Å². The number of halogens is 1. The Kier molecular flexibility index (Phi) is 5.07. The second-order valence-electron chi connectivity index (χ2n) is 4.58. The maximum atomic E-state index is 12.0. The molecular weight excluding hydrogens is 284 g/mol. The highest BCUT2D eigenvalue weighted by Gasteiger charge is 2.26. The molecule has 0 saturated carbocycles. The molecule has 0 aliphatic carbocycles. The number of hydrogen-bond acceptors (Lipinski definition) is 3. The molecular formula is C13H19ClN2O2S. The molecule has 2 rings (SSSR count). The number of alkyl halides is 1. The summed E-state index contributed by atoms with van der Waals surface area (Å²) in [4.78, 5) is 2.22. The molecule has 106 valence electrons. The molecule has 1 heterocycles. The topological polar surface area (TPSA) is 40.6 Å². The first kappa shape index (κ1) is 14.6. The predicted octanol–water partition coefficient (Wildman–Crippen LogP) is 1.77. The van der Waals surface area contributed by atoms with Crippen LogP contribution in [0.1, 0.15) is 6.42 Å². The summed E-state index contributed by atoms with van der Waals surface area (Å²) in [5, 5.41) is 0. The number of rotatable bonds is 5. The van der Waals surface area contributed by atoms with Crippen LogP contribution in [-0.2, 0) is 10.0 Å². The van der Waals surface area contributed by atoms with Crippen LogP contribution in [0.5, 0.6) is 0 Å². The Morgan fingerprint density at radius 1 is 1.05 bits per heavy atom. The average molecular weight is 303 g/mol. The number of benzene rings is 1. The Balaban J connectivity index is 1.92. The van der Waals surface area contributed by atoms with Gasteiger partial charge in [0, 0.05) is 37.7 Å². The number of para-hydroxylation sites is 1. The summed E-state index contributed by atoms with van der Waals surface area (Å²) in [6, 6.07) is 10.1. The smallest absolute Gasteiger partial charge is 0.214 e. The van der Waals surface area contributed by atoms with Crippen LogP contribution in [0.2, 0.25) is 0 Å². The molecule has 0 atom stereocenters. The summed E-state index contributed by atoms with van der Waals surface area (Å²) >= 11 is 5.56. The zero-order valence-electron chi connectivity index (χ0n) is 10.8.